The quantitative estimate of drug-likeness (QED) is 0.239. The zero-order valence-electron chi connectivity index (χ0n) is 16.4. The van der Waals surface area contributed by atoms with Crippen LogP contribution in [0.5, 0.6) is 0 Å². The Kier molecular flexibility index (Phi) is 5.48. The van der Waals surface area contributed by atoms with Crippen LogP contribution in [0.4, 0.5) is 0 Å². The van der Waals surface area contributed by atoms with Gasteiger partial charge in [-0.15, -0.1) is 11.3 Å². The molecule has 2 bridgehead atoms. The second kappa shape index (κ2) is 8.03. The molecule has 0 radical (unpaired) electrons. The minimum atomic E-state index is -0.100. The van der Waals surface area contributed by atoms with Gasteiger partial charge in [-0.25, -0.2) is 9.98 Å². The van der Waals surface area contributed by atoms with Gasteiger partial charge in [0, 0.05) is 24.5 Å². The molecule has 2 amide bonds. The standard InChI is InChI=1S/C20H27N5O2S/c1-3-21-20(23-10-15-12(2)24-11-28-15)22-7-4-8-25-18(26)16-13-5-6-14(9-13)17(16)19(25)27/h5-6,11,13-14,16-17H,3-4,7-10H2,1-2H3,(H2,21,22,23). The summed E-state index contributed by atoms with van der Waals surface area (Å²) >= 11 is 1.61. The van der Waals surface area contributed by atoms with Crippen LogP contribution in [0.25, 0.3) is 0 Å². The number of thiazole rings is 1. The molecular weight excluding hydrogens is 374 g/mol. The molecule has 0 aromatic carbocycles. The van der Waals surface area contributed by atoms with Gasteiger partial charge in [-0.3, -0.25) is 14.5 Å². The third-order valence-electron chi connectivity index (χ3n) is 5.98. The average molecular weight is 402 g/mol. The molecule has 8 heteroatoms. The molecule has 1 aromatic rings. The smallest absolute Gasteiger partial charge is 0.233 e. The van der Waals surface area contributed by atoms with Crippen molar-refractivity contribution < 1.29 is 9.59 Å². The first-order valence-electron chi connectivity index (χ1n) is 10.0. The molecule has 2 aliphatic carbocycles. The zero-order valence-corrected chi connectivity index (χ0v) is 17.2. The van der Waals surface area contributed by atoms with E-state index in [2.05, 4.69) is 32.8 Å². The van der Waals surface area contributed by atoms with E-state index in [9.17, 15) is 9.59 Å². The minimum Gasteiger partial charge on any atom is -0.357 e. The molecule has 28 heavy (non-hydrogen) atoms. The van der Waals surface area contributed by atoms with Crippen LogP contribution in [0.1, 0.15) is 30.3 Å². The lowest BCUT2D eigenvalue weighted by atomic mass is 9.85. The molecule has 2 fully saturated rings. The van der Waals surface area contributed by atoms with E-state index in [4.69, 9.17) is 0 Å². The normalized spacial score (nSPS) is 28.4. The van der Waals surface area contributed by atoms with Gasteiger partial charge in [0.05, 0.1) is 29.6 Å². The Bertz CT molecular complexity index is 787. The van der Waals surface area contributed by atoms with Gasteiger partial charge in [0.2, 0.25) is 11.8 Å². The maximum absolute atomic E-state index is 12.7. The maximum atomic E-state index is 12.7. The van der Waals surface area contributed by atoms with Gasteiger partial charge in [-0.05, 0) is 38.5 Å². The van der Waals surface area contributed by atoms with Crippen LogP contribution in [0.15, 0.2) is 22.7 Å². The lowest BCUT2D eigenvalue weighted by Gasteiger charge is -2.18. The number of hydrogen-bond acceptors (Lipinski definition) is 5. The number of aryl methyl sites for hydroxylation is 1. The molecule has 4 atom stereocenters. The lowest BCUT2D eigenvalue weighted by Crippen LogP contribution is -2.40. The second-order valence-corrected chi connectivity index (χ2v) is 8.60. The molecule has 7 nitrogen and oxygen atoms in total. The molecule has 0 spiro atoms. The lowest BCUT2D eigenvalue weighted by molar-refractivity contribution is -0.140. The van der Waals surface area contributed by atoms with E-state index in [0.29, 0.717) is 26.1 Å². The van der Waals surface area contributed by atoms with E-state index >= 15 is 0 Å². The van der Waals surface area contributed by atoms with Gasteiger partial charge in [-0.2, -0.15) is 0 Å². The fourth-order valence-electron chi connectivity index (χ4n) is 4.60. The Morgan fingerprint density at radius 3 is 2.57 bits per heavy atom. The molecule has 2 N–H and O–H groups in total. The topological polar surface area (TPSA) is 86.7 Å². The zero-order chi connectivity index (χ0) is 19.7. The number of hydrogen-bond donors (Lipinski definition) is 2. The van der Waals surface area contributed by atoms with Gasteiger partial charge < -0.3 is 10.6 Å². The Morgan fingerprint density at radius 1 is 1.25 bits per heavy atom. The van der Waals surface area contributed by atoms with E-state index in [-0.39, 0.29) is 35.5 Å². The molecule has 2 heterocycles. The molecule has 150 valence electrons. The Balaban J connectivity index is 1.27. The second-order valence-electron chi connectivity index (χ2n) is 7.66. The van der Waals surface area contributed by atoms with Crippen molar-refractivity contribution in [1.82, 2.24) is 20.5 Å². The predicted molar refractivity (Wildman–Crippen MR) is 109 cm³/mol. The van der Waals surface area contributed by atoms with E-state index in [1.165, 1.54) is 4.90 Å². The summed E-state index contributed by atoms with van der Waals surface area (Å²) in [5.74, 6) is 1.16. The summed E-state index contributed by atoms with van der Waals surface area (Å²) < 4.78 is 0. The van der Waals surface area contributed by atoms with Crippen molar-refractivity contribution in [3.63, 3.8) is 0 Å². The van der Waals surface area contributed by atoms with Gasteiger partial charge in [0.25, 0.3) is 0 Å². The largest absolute Gasteiger partial charge is 0.357 e. The van der Waals surface area contributed by atoms with Gasteiger partial charge in [-0.1, -0.05) is 12.2 Å². The summed E-state index contributed by atoms with van der Waals surface area (Å²) in [6.07, 6.45) is 5.95. The first-order valence-corrected chi connectivity index (χ1v) is 10.9. The number of guanidine groups is 1. The number of carbonyl (C=O) groups is 2. The van der Waals surface area contributed by atoms with Crippen molar-refractivity contribution in [2.24, 2.45) is 28.7 Å². The van der Waals surface area contributed by atoms with Crippen molar-refractivity contribution in [2.75, 3.05) is 19.6 Å². The van der Waals surface area contributed by atoms with Gasteiger partial charge in [0.1, 0.15) is 0 Å². The maximum Gasteiger partial charge on any atom is 0.233 e. The number of likely N-dealkylation sites (tertiary alicyclic amines) is 1. The van der Waals surface area contributed by atoms with Crippen LogP contribution in [0.3, 0.4) is 0 Å². The van der Waals surface area contributed by atoms with Gasteiger partial charge in [0.15, 0.2) is 5.96 Å². The van der Waals surface area contributed by atoms with Crippen LogP contribution >= 0.6 is 11.3 Å². The van der Waals surface area contributed by atoms with E-state index in [1.807, 2.05) is 19.4 Å². The average Bonchev–Trinajstić information content (AvgIpc) is 3.44. The number of nitrogens with one attached hydrogen (secondary N) is 2. The number of fused-ring (bicyclic) bond motifs is 5. The number of nitrogens with zero attached hydrogens (tertiary/aromatic N) is 3. The summed E-state index contributed by atoms with van der Waals surface area (Å²) in [4.78, 5) is 36.9. The molecule has 1 aliphatic heterocycles. The fourth-order valence-corrected chi connectivity index (χ4v) is 5.30. The SMILES string of the molecule is CCNC(=NCc1scnc1C)NCCCN1C(=O)C2C3C=CC(C3)C2C1=O. The highest BCUT2D eigenvalue weighted by Gasteiger charge is 2.58. The first kappa shape index (κ1) is 19.1. The summed E-state index contributed by atoms with van der Waals surface area (Å²) in [6, 6.07) is 0. The van der Waals surface area contributed by atoms with Crippen molar-refractivity contribution >= 4 is 29.1 Å². The number of rotatable bonds is 7. The van der Waals surface area contributed by atoms with Crippen LogP contribution < -0.4 is 10.6 Å². The fraction of sp³-hybridized carbons (Fsp3) is 0.600. The number of amides is 2. The summed E-state index contributed by atoms with van der Waals surface area (Å²) in [5.41, 5.74) is 2.85. The number of aromatic nitrogens is 1. The number of carbonyl (C=O) groups excluding carboxylic acids is 2. The van der Waals surface area contributed by atoms with Crippen LogP contribution in [0, 0.1) is 30.6 Å². The molecule has 1 saturated carbocycles. The number of imide groups is 1. The highest BCUT2D eigenvalue weighted by molar-refractivity contribution is 7.09. The number of aliphatic imine (C=N–C) groups is 1. The predicted octanol–water partition coefficient (Wildman–Crippen LogP) is 1.70. The third kappa shape index (κ3) is 3.45. The Morgan fingerprint density at radius 2 is 1.96 bits per heavy atom. The highest BCUT2D eigenvalue weighted by Crippen LogP contribution is 2.52. The summed E-state index contributed by atoms with van der Waals surface area (Å²) in [7, 11) is 0. The molecule has 4 unspecified atom stereocenters. The molecule has 4 rings (SSSR count). The van der Waals surface area contributed by atoms with Crippen LogP contribution in [-0.4, -0.2) is 47.3 Å². The van der Waals surface area contributed by atoms with Crippen LogP contribution in [0.2, 0.25) is 0 Å². The minimum absolute atomic E-state index is 0.0353. The van der Waals surface area contributed by atoms with Crippen LogP contribution in [-0.2, 0) is 16.1 Å². The third-order valence-corrected chi connectivity index (χ3v) is 6.90. The highest BCUT2D eigenvalue weighted by atomic mass is 32.1. The Hall–Kier alpha value is -2.22. The Labute approximate surface area is 169 Å². The molecule has 3 aliphatic rings. The van der Waals surface area contributed by atoms with Crippen molar-refractivity contribution in [3.8, 4) is 0 Å². The van der Waals surface area contributed by atoms with Crippen molar-refractivity contribution in [3.05, 3.63) is 28.2 Å². The molecule has 1 saturated heterocycles. The number of allylic oxidation sites excluding steroid dienone is 2. The van der Waals surface area contributed by atoms with Gasteiger partial charge >= 0.3 is 0 Å². The van der Waals surface area contributed by atoms with Crippen molar-refractivity contribution in [2.45, 2.75) is 33.2 Å². The summed E-state index contributed by atoms with van der Waals surface area (Å²) in [6.45, 7) is 6.51. The summed E-state index contributed by atoms with van der Waals surface area (Å²) in [5, 5.41) is 6.53. The van der Waals surface area contributed by atoms with E-state index in [0.717, 1.165) is 29.5 Å². The molecular formula is C20H27N5O2S. The first-order chi connectivity index (χ1) is 13.6. The molecule has 1 aromatic heterocycles. The monoisotopic (exact) mass is 401 g/mol. The van der Waals surface area contributed by atoms with E-state index in [1.54, 1.807) is 11.3 Å². The van der Waals surface area contributed by atoms with Crippen molar-refractivity contribution in [1.29, 1.82) is 0 Å². The van der Waals surface area contributed by atoms with E-state index < -0.39 is 0 Å².